The van der Waals surface area contributed by atoms with E-state index in [2.05, 4.69) is 33.9 Å². The van der Waals surface area contributed by atoms with Crippen LogP contribution < -0.4 is 15.4 Å². The van der Waals surface area contributed by atoms with Crippen LogP contribution in [-0.4, -0.2) is 31.1 Å². The van der Waals surface area contributed by atoms with Gasteiger partial charge in [0.2, 0.25) is 11.8 Å². The van der Waals surface area contributed by atoms with Crippen LogP contribution in [0, 0.1) is 12.8 Å². The van der Waals surface area contributed by atoms with Gasteiger partial charge in [0, 0.05) is 30.0 Å². The fourth-order valence-electron chi connectivity index (χ4n) is 4.11. The number of amides is 2. The molecule has 0 radical (unpaired) electrons. The largest absolute Gasteiger partial charge is 0.573 e. The van der Waals surface area contributed by atoms with Crippen LogP contribution in [0.1, 0.15) is 56.2 Å². The lowest BCUT2D eigenvalue weighted by atomic mass is 9.84. The van der Waals surface area contributed by atoms with Gasteiger partial charge in [-0.05, 0) is 85.0 Å². The van der Waals surface area contributed by atoms with Crippen LogP contribution in [-0.2, 0) is 16.1 Å². The highest BCUT2D eigenvalue weighted by atomic mass is 32.2. The average molecular weight is 574 g/mol. The summed E-state index contributed by atoms with van der Waals surface area (Å²) in [5.41, 5.74) is 4.79. The predicted octanol–water partition coefficient (Wildman–Crippen LogP) is 7.06. The Morgan fingerprint density at radius 3 is 2.42 bits per heavy atom. The van der Waals surface area contributed by atoms with Crippen molar-refractivity contribution in [2.45, 2.75) is 64.3 Å². The van der Waals surface area contributed by atoms with Crippen molar-refractivity contribution < 1.29 is 27.5 Å². The topological polar surface area (TPSA) is 79.8 Å². The molecule has 1 aliphatic rings. The van der Waals surface area contributed by atoms with Crippen LogP contribution in [0.3, 0.4) is 0 Å². The summed E-state index contributed by atoms with van der Waals surface area (Å²) in [6.45, 7) is 9.62. The summed E-state index contributed by atoms with van der Waals surface area (Å²) in [5, 5.41) is 7.84. The molecule has 0 saturated heterocycles. The van der Waals surface area contributed by atoms with E-state index in [0.29, 0.717) is 22.5 Å². The van der Waals surface area contributed by atoms with Gasteiger partial charge in [-0.15, -0.1) is 13.2 Å². The number of rotatable bonds is 10. The number of hydrogen-bond donors (Lipinski definition) is 2. The quantitative estimate of drug-likeness (QED) is 0.138. The van der Waals surface area contributed by atoms with Gasteiger partial charge in [-0.1, -0.05) is 49.4 Å². The van der Waals surface area contributed by atoms with E-state index in [4.69, 9.17) is 0 Å². The minimum absolute atomic E-state index is 0.0585. The van der Waals surface area contributed by atoms with Gasteiger partial charge in [-0.25, -0.2) is 0 Å². The molecule has 10 heteroatoms. The molecule has 2 N–H and O–H groups in total. The maximum atomic E-state index is 12.9. The third kappa shape index (κ3) is 8.00. The monoisotopic (exact) mass is 573 g/mol. The van der Waals surface area contributed by atoms with Crippen molar-refractivity contribution in [2.75, 3.05) is 7.05 Å². The van der Waals surface area contributed by atoms with E-state index in [1.807, 2.05) is 25.3 Å². The van der Waals surface area contributed by atoms with Gasteiger partial charge in [-0.2, -0.15) is 0 Å². The number of aliphatic imine (C=N–C) groups is 1. The molecule has 0 heterocycles. The number of nitrogens with one attached hydrogen (secondary N) is 2. The van der Waals surface area contributed by atoms with E-state index in [0.717, 1.165) is 47.3 Å². The summed E-state index contributed by atoms with van der Waals surface area (Å²) in [5.74, 6) is -0.443. The van der Waals surface area contributed by atoms with E-state index in [-0.39, 0.29) is 30.0 Å². The van der Waals surface area contributed by atoms with Gasteiger partial charge >= 0.3 is 6.36 Å². The molecular formula is C30H34F3N3O3S. The number of thioether (sulfide) groups is 1. The third-order valence-corrected chi connectivity index (χ3v) is 8.03. The molecule has 6 nitrogen and oxygen atoms in total. The number of carbonyl (C=O) groups is 2. The highest BCUT2D eigenvalue weighted by Crippen LogP contribution is 2.39. The molecule has 40 heavy (non-hydrogen) atoms. The van der Waals surface area contributed by atoms with E-state index in [9.17, 15) is 22.8 Å². The Balaban J connectivity index is 2.19. The Morgan fingerprint density at radius 2 is 1.90 bits per heavy atom. The molecule has 0 aliphatic heterocycles. The molecule has 0 unspecified atom stereocenters. The zero-order valence-corrected chi connectivity index (χ0v) is 23.9. The Kier molecular flexibility index (Phi) is 10.6. The maximum absolute atomic E-state index is 12.9. The van der Waals surface area contributed by atoms with Gasteiger partial charge in [0.1, 0.15) is 11.6 Å². The molecule has 2 aromatic rings. The van der Waals surface area contributed by atoms with Gasteiger partial charge in [-0.3, -0.25) is 14.6 Å². The number of carbonyl (C=O) groups excluding carboxylic acids is 2. The van der Waals surface area contributed by atoms with Crippen LogP contribution in [0.4, 0.5) is 13.2 Å². The zero-order chi connectivity index (χ0) is 29.4. The maximum Gasteiger partial charge on any atom is 0.573 e. The Morgan fingerprint density at radius 1 is 1.23 bits per heavy atom. The summed E-state index contributed by atoms with van der Waals surface area (Å²) < 4.78 is 42.1. The SMILES string of the molecule is C=CC(=O)NCc1cc(-c2ccc(OC(F)(F)F)cc2)c(C)c(S/C=C(\C)CC)c1C(=NC)NC(=O)C1CCC1. The number of allylic oxidation sites excluding steroid dienone is 1. The summed E-state index contributed by atoms with van der Waals surface area (Å²) in [6.07, 6.45) is -0.100. The van der Waals surface area contributed by atoms with Crippen molar-refractivity contribution >= 4 is 29.4 Å². The summed E-state index contributed by atoms with van der Waals surface area (Å²) in [6, 6.07) is 7.52. The molecule has 0 atom stereocenters. The first-order chi connectivity index (χ1) is 19.0. The van der Waals surface area contributed by atoms with Crippen molar-refractivity contribution in [1.82, 2.24) is 10.6 Å². The molecule has 1 fully saturated rings. The molecule has 3 rings (SSSR count). The lowest BCUT2D eigenvalue weighted by molar-refractivity contribution is -0.274. The smallest absolute Gasteiger partial charge is 0.406 e. The highest BCUT2D eigenvalue weighted by Gasteiger charge is 2.31. The summed E-state index contributed by atoms with van der Waals surface area (Å²) >= 11 is 1.48. The van der Waals surface area contributed by atoms with Crippen molar-refractivity contribution in [2.24, 2.45) is 10.9 Å². The predicted molar refractivity (Wildman–Crippen MR) is 153 cm³/mol. The first-order valence-electron chi connectivity index (χ1n) is 13.0. The van der Waals surface area contributed by atoms with E-state index < -0.39 is 6.36 Å². The van der Waals surface area contributed by atoms with Crippen molar-refractivity contribution in [3.05, 3.63) is 70.7 Å². The number of nitrogens with zero attached hydrogens (tertiary/aromatic N) is 1. The van der Waals surface area contributed by atoms with E-state index in [1.165, 1.54) is 30.0 Å². The van der Waals surface area contributed by atoms with Gasteiger partial charge < -0.3 is 15.4 Å². The van der Waals surface area contributed by atoms with Crippen LogP contribution in [0.25, 0.3) is 11.1 Å². The second kappa shape index (κ2) is 13.7. The second-order valence-corrected chi connectivity index (χ2v) is 10.4. The number of halogens is 3. The van der Waals surface area contributed by atoms with Gasteiger partial charge in [0.05, 0.1) is 0 Å². The number of hydrogen-bond acceptors (Lipinski definition) is 5. The minimum atomic E-state index is -4.79. The molecular weight excluding hydrogens is 539 g/mol. The molecule has 1 aliphatic carbocycles. The van der Waals surface area contributed by atoms with Gasteiger partial charge in [0.25, 0.3) is 0 Å². The first kappa shape index (κ1) is 31.0. The van der Waals surface area contributed by atoms with Crippen LogP contribution >= 0.6 is 11.8 Å². The molecule has 214 valence electrons. The van der Waals surface area contributed by atoms with Gasteiger partial charge in [0.15, 0.2) is 0 Å². The Hall–Kier alpha value is -3.53. The second-order valence-electron chi connectivity index (χ2n) is 9.53. The number of ether oxygens (including phenoxy) is 1. The molecule has 2 amide bonds. The highest BCUT2D eigenvalue weighted by molar-refractivity contribution is 8.02. The standard InChI is InChI=1S/C30H34F3N3O3S/c1-6-18(3)17-40-27-19(4)24(20-11-13-23(14-12-20)39-30(31,32)33)15-22(16-35-25(37)7-2)26(27)28(34-5)36-29(38)21-9-8-10-21/h7,11-15,17,21H,2,6,8-10,16H2,1,3-5H3,(H,35,37)(H,34,36,38)/b18-17+. The summed E-state index contributed by atoms with van der Waals surface area (Å²) in [7, 11) is 1.60. The average Bonchev–Trinajstić information content (AvgIpc) is 2.88. The van der Waals surface area contributed by atoms with Crippen molar-refractivity contribution in [1.29, 1.82) is 0 Å². The fourth-order valence-corrected chi connectivity index (χ4v) is 5.23. The number of alkyl halides is 3. The van der Waals surface area contributed by atoms with Crippen LogP contribution in [0.5, 0.6) is 5.75 Å². The van der Waals surface area contributed by atoms with Crippen molar-refractivity contribution in [3.8, 4) is 16.9 Å². The fraction of sp³-hybridized carbons (Fsp3) is 0.367. The third-order valence-electron chi connectivity index (χ3n) is 6.76. The molecule has 2 aromatic carbocycles. The zero-order valence-electron chi connectivity index (χ0n) is 23.1. The molecule has 0 spiro atoms. The van der Waals surface area contributed by atoms with Crippen LogP contribution in [0.15, 0.2) is 63.9 Å². The Labute approximate surface area is 237 Å². The van der Waals surface area contributed by atoms with E-state index >= 15 is 0 Å². The number of amidine groups is 1. The molecule has 1 saturated carbocycles. The normalized spacial score (nSPS) is 14.4. The lowest BCUT2D eigenvalue weighted by Gasteiger charge is -2.26. The van der Waals surface area contributed by atoms with E-state index in [1.54, 1.807) is 19.2 Å². The van der Waals surface area contributed by atoms with Crippen LogP contribution in [0.2, 0.25) is 0 Å². The number of benzene rings is 2. The molecule has 0 bridgehead atoms. The Bertz CT molecular complexity index is 1310. The van der Waals surface area contributed by atoms with Crippen molar-refractivity contribution in [3.63, 3.8) is 0 Å². The lowest BCUT2D eigenvalue weighted by Crippen LogP contribution is -2.39. The first-order valence-corrected chi connectivity index (χ1v) is 13.9. The minimum Gasteiger partial charge on any atom is -0.406 e. The summed E-state index contributed by atoms with van der Waals surface area (Å²) in [4.78, 5) is 30.3. The molecule has 0 aromatic heterocycles.